The Balaban J connectivity index is 1.85. The molecule has 0 spiro atoms. The van der Waals surface area contributed by atoms with Crippen LogP contribution in [0, 0.1) is 5.92 Å². The average molecular weight is 447 g/mol. The highest BCUT2D eigenvalue weighted by molar-refractivity contribution is 7.80. The second-order valence-electron chi connectivity index (χ2n) is 7.04. The second-order valence-corrected chi connectivity index (χ2v) is 7.86. The number of carbonyl (C=O) groups excluding carboxylic acids is 1. The number of carbonyl (C=O) groups is 1. The summed E-state index contributed by atoms with van der Waals surface area (Å²) in [5.41, 5.74) is 1.71. The molecular formula is C23H27ClN2O3S. The first-order chi connectivity index (χ1) is 14.4. The molecule has 7 heteroatoms. The molecule has 0 atom stereocenters. The van der Waals surface area contributed by atoms with E-state index in [4.69, 9.17) is 33.3 Å². The van der Waals surface area contributed by atoms with Gasteiger partial charge >= 0.3 is 0 Å². The minimum Gasteiger partial charge on any atom is -0.493 e. The summed E-state index contributed by atoms with van der Waals surface area (Å²) in [6, 6.07) is 13.0. The first-order valence-electron chi connectivity index (χ1n) is 9.70. The maximum atomic E-state index is 12.0. The normalized spacial score (nSPS) is 10.8. The Morgan fingerprint density at radius 3 is 2.67 bits per heavy atom. The first-order valence-corrected chi connectivity index (χ1v) is 10.5. The quantitative estimate of drug-likeness (QED) is 0.420. The molecule has 0 fully saturated rings. The van der Waals surface area contributed by atoms with Gasteiger partial charge in [0.2, 0.25) is 5.91 Å². The molecule has 0 aliphatic rings. The lowest BCUT2D eigenvalue weighted by molar-refractivity contribution is -0.115. The van der Waals surface area contributed by atoms with Crippen molar-refractivity contribution in [2.24, 2.45) is 5.92 Å². The summed E-state index contributed by atoms with van der Waals surface area (Å²) in [6.45, 7) is 5.40. The van der Waals surface area contributed by atoms with Crippen molar-refractivity contribution >= 4 is 40.9 Å². The third kappa shape index (κ3) is 8.05. The predicted octanol–water partition coefficient (Wildman–Crippen LogP) is 4.98. The summed E-state index contributed by atoms with van der Waals surface area (Å²) in [6.07, 6.45) is 4.01. The van der Waals surface area contributed by atoms with Crippen LogP contribution in [-0.4, -0.2) is 24.7 Å². The number of hydrogen-bond acceptors (Lipinski definition) is 4. The van der Waals surface area contributed by atoms with Crippen molar-refractivity contribution in [3.63, 3.8) is 0 Å². The van der Waals surface area contributed by atoms with Crippen molar-refractivity contribution < 1.29 is 14.3 Å². The molecule has 0 saturated carbocycles. The number of halogens is 1. The summed E-state index contributed by atoms with van der Waals surface area (Å²) in [5, 5.41) is 6.44. The lowest BCUT2D eigenvalue weighted by atomic mass is 10.1. The van der Waals surface area contributed by atoms with Crippen LogP contribution in [0.2, 0.25) is 5.02 Å². The van der Waals surface area contributed by atoms with Gasteiger partial charge in [-0.25, -0.2) is 0 Å². The van der Waals surface area contributed by atoms with E-state index >= 15 is 0 Å². The van der Waals surface area contributed by atoms with Crippen LogP contribution in [0.5, 0.6) is 11.5 Å². The summed E-state index contributed by atoms with van der Waals surface area (Å²) < 4.78 is 11.2. The average Bonchev–Trinajstić information content (AvgIpc) is 2.72. The molecule has 0 radical (unpaired) electrons. The number of rotatable bonds is 9. The van der Waals surface area contributed by atoms with Crippen LogP contribution >= 0.6 is 23.8 Å². The van der Waals surface area contributed by atoms with Gasteiger partial charge in [-0.3, -0.25) is 10.1 Å². The summed E-state index contributed by atoms with van der Waals surface area (Å²) in [4.78, 5) is 12.0. The van der Waals surface area contributed by atoms with E-state index in [0.717, 1.165) is 17.5 Å². The maximum absolute atomic E-state index is 12.0. The van der Waals surface area contributed by atoms with Gasteiger partial charge in [0, 0.05) is 17.6 Å². The van der Waals surface area contributed by atoms with Crippen molar-refractivity contribution in [3.05, 3.63) is 64.7 Å². The SMILES string of the molecule is COc1cc(CNC(=S)NC(=O)/C=C/c2ccccc2Cl)ccc1OCCC(C)C. The Labute approximate surface area is 188 Å². The zero-order chi connectivity index (χ0) is 21.9. The Kier molecular flexibility index (Phi) is 9.64. The van der Waals surface area contributed by atoms with Gasteiger partial charge in [0.1, 0.15) is 0 Å². The number of nitrogens with one attached hydrogen (secondary N) is 2. The number of benzene rings is 2. The topological polar surface area (TPSA) is 59.6 Å². The second kappa shape index (κ2) is 12.2. The van der Waals surface area contributed by atoms with Gasteiger partial charge in [-0.15, -0.1) is 0 Å². The number of thiocarbonyl (C=S) groups is 1. The fraction of sp³-hybridized carbons (Fsp3) is 0.304. The van der Waals surface area contributed by atoms with Crippen LogP contribution < -0.4 is 20.1 Å². The molecule has 0 heterocycles. The van der Waals surface area contributed by atoms with Crippen LogP contribution in [0.25, 0.3) is 6.08 Å². The first kappa shape index (κ1) is 23.7. The van der Waals surface area contributed by atoms with Crippen molar-refractivity contribution in [1.29, 1.82) is 0 Å². The third-order valence-electron chi connectivity index (χ3n) is 4.19. The lowest BCUT2D eigenvalue weighted by Crippen LogP contribution is -2.37. The fourth-order valence-corrected chi connectivity index (χ4v) is 2.87. The zero-order valence-electron chi connectivity index (χ0n) is 17.4. The van der Waals surface area contributed by atoms with Gasteiger partial charge in [0.25, 0.3) is 0 Å². The number of methoxy groups -OCH3 is 1. The standard InChI is InChI=1S/C23H27ClN2O3S/c1-16(2)12-13-29-20-10-8-17(14-21(20)28-3)15-25-23(30)26-22(27)11-9-18-6-4-5-7-19(18)24/h4-11,14,16H,12-13,15H2,1-3H3,(H2,25,26,27,30)/b11-9+. The van der Waals surface area contributed by atoms with Crippen LogP contribution in [0.3, 0.4) is 0 Å². The van der Waals surface area contributed by atoms with E-state index in [0.29, 0.717) is 35.6 Å². The fourth-order valence-electron chi connectivity index (χ4n) is 2.50. The van der Waals surface area contributed by atoms with E-state index in [1.807, 2.05) is 36.4 Å². The molecular weight excluding hydrogens is 420 g/mol. The van der Waals surface area contributed by atoms with Crippen LogP contribution in [0.1, 0.15) is 31.4 Å². The Hall–Kier alpha value is -2.57. The van der Waals surface area contributed by atoms with Crippen LogP contribution in [0.15, 0.2) is 48.5 Å². The molecule has 1 amide bonds. The van der Waals surface area contributed by atoms with Crippen molar-refractivity contribution in [3.8, 4) is 11.5 Å². The molecule has 160 valence electrons. The maximum Gasteiger partial charge on any atom is 0.250 e. The molecule has 2 aromatic carbocycles. The van der Waals surface area contributed by atoms with E-state index in [1.165, 1.54) is 6.08 Å². The molecule has 0 aliphatic carbocycles. The van der Waals surface area contributed by atoms with E-state index in [2.05, 4.69) is 24.5 Å². The summed E-state index contributed by atoms with van der Waals surface area (Å²) >= 11 is 11.3. The molecule has 0 saturated heterocycles. The monoisotopic (exact) mass is 446 g/mol. The van der Waals surface area contributed by atoms with E-state index in [9.17, 15) is 4.79 Å². The van der Waals surface area contributed by atoms with Crippen LogP contribution in [0.4, 0.5) is 0 Å². The highest BCUT2D eigenvalue weighted by Crippen LogP contribution is 2.28. The van der Waals surface area contributed by atoms with Gasteiger partial charge in [-0.2, -0.15) is 0 Å². The van der Waals surface area contributed by atoms with Crippen molar-refractivity contribution in [2.75, 3.05) is 13.7 Å². The van der Waals surface area contributed by atoms with Gasteiger partial charge in [-0.05, 0) is 60.0 Å². The van der Waals surface area contributed by atoms with Crippen LogP contribution in [-0.2, 0) is 11.3 Å². The van der Waals surface area contributed by atoms with Crippen molar-refractivity contribution in [1.82, 2.24) is 10.6 Å². The number of amides is 1. The minimum atomic E-state index is -0.334. The predicted molar refractivity (Wildman–Crippen MR) is 126 cm³/mol. The summed E-state index contributed by atoms with van der Waals surface area (Å²) in [5.74, 6) is 1.62. The zero-order valence-corrected chi connectivity index (χ0v) is 19.0. The molecule has 5 nitrogen and oxygen atoms in total. The minimum absolute atomic E-state index is 0.236. The van der Waals surface area contributed by atoms with E-state index < -0.39 is 0 Å². The molecule has 0 aliphatic heterocycles. The molecule has 2 N–H and O–H groups in total. The van der Waals surface area contributed by atoms with Gasteiger partial charge in [0.05, 0.1) is 13.7 Å². The van der Waals surface area contributed by atoms with E-state index in [1.54, 1.807) is 19.3 Å². The van der Waals surface area contributed by atoms with Gasteiger partial charge in [0.15, 0.2) is 16.6 Å². The highest BCUT2D eigenvalue weighted by Gasteiger charge is 2.08. The highest BCUT2D eigenvalue weighted by atomic mass is 35.5. The Morgan fingerprint density at radius 1 is 1.20 bits per heavy atom. The van der Waals surface area contributed by atoms with Gasteiger partial charge in [-0.1, -0.05) is 49.7 Å². The molecule has 0 unspecified atom stereocenters. The molecule has 0 bridgehead atoms. The van der Waals surface area contributed by atoms with Crippen molar-refractivity contribution in [2.45, 2.75) is 26.8 Å². The molecule has 30 heavy (non-hydrogen) atoms. The van der Waals surface area contributed by atoms with E-state index in [-0.39, 0.29) is 11.0 Å². The Morgan fingerprint density at radius 2 is 1.97 bits per heavy atom. The third-order valence-corrected chi connectivity index (χ3v) is 4.78. The van der Waals surface area contributed by atoms with Gasteiger partial charge < -0.3 is 14.8 Å². The number of ether oxygens (including phenoxy) is 2. The smallest absolute Gasteiger partial charge is 0.250 e. The molecule has 2 aromatic rings. The summed E-state index contributed by atoms with van der Waals surface area (Å²) in [7, 11) is 1.61. The molecule has 2 rings (SSSR count). The lowest BCUT2D eigenvalue weighted by Gasteiger charge is -2.14. The number of hydrogen-bond donors (Lipinski definition) is 2. The largest absolute Gasteiger partial charge is 0.493 e. The molecule has 0 aromatic heterocycles. The Bertz CT molecular complexity index is 900.